The molecule has 1 unspecified atom stereocenters. The van der Waals surface area contributed by atoms with Crippen molar-refractivity contribution in [3.05, 3.63) is 17.5 Å². The smallest absolute Gasteiger partial charge is 0.243 e. The first kappa shape index (κ1) is 24.7. The van der Waals surface area contributed by atoms with Crippen molar-refractivity contribution in [3.8, 4) is 0 Å². The van der Waals surface area contributed by atoms with Crippen LogP contribution in [0.2, 0.25) is 0 Å². The second-order valence-electron chi connectivity index (χ2n) is 7.25. The van der Waals surface area contributed by atoms with Gasteiger partial charge in [0.15, 0.2) is 5.96 Å². The molecule has 0 aromatic carbocycles. The number of carbonyl (C=O) groups excluding carboxylic acids is 1. The molecule has 160 valence electrons. The molecule has 8 nitrogen and oxygen atoms in total. The number of nitrogens with zero attached hydrogens (tertiary/aromatic N) is 4. The lowest BCUT2D eigenvalue weighted by molar-refractivity contribution is -0.127. The van der Waals surface area contributed by atoms with E-state index in [4.69, 9.17) is 4.74 Å². The summed E-state index contributed by atoms with van der Waals surface area (Å²) in [4.78, 5) is 17.8. The highest BCUT2D eigenvalue weighted by Gasteiger charge is 2.14. The van der Waals surface area contributed by atoms with Crippen LogP contribution in [0.5, 0.6) is 0 Å². The zero-order chi connectivity index (χ0) is 19.6. The first-order chi connectivity index (χ1) is 13.0. The molecule has 1 aromatic rings. The summed E-state index contributed by atoms with van der Waals surface area (Å²) in [6, 6.07) is 2.08. The van der Waals surface area contributed by atoms with E-state index in [-0.39, 0.29) is 42.5 Å². The van der Waals surface area contributed by atoms with Gasteiger partial charge >= 0.3 is 0 Å². The van der Waals surface area contributed by atoms with Crippen molar-refractivity contribution in [1.29, 1.82) is 0 Å². The van der Waals surface area contributed by atoms with Gasteiger partial charge in [-0.15, -0.1) is 24.0 Å². The maximum Gasteiger partial charge on any atom is 0.243 e. The second kappa shape index (κ2) is 13.0. The van der Waals surface area contributed by atoms with Crippen LogP contribution in [-0.4, -0.2) is 73.0 Å². The van der Waals surface area contributed by atoms with Gasteiger partial charge in [0.2, 0.25) is 5.91 Å². The van der Waals surface area contributed by atoms with Crippen LogP contribution in [0.4, 0.5) is 0 Å². The minimum atomic E-state index is -0.0207. The van der Waals surface area contributed by atoms with Crippen LogP contribution in [0.15, 0.2) is 11.1 Å². The zero-order valence-corrected chi connectivity index (χ0v) is 19.9. The van der Waals surface area contributed by atoms with E-state index >= 15 is 0 Å². The van der Waals surface area contributed by atoms with Gasteiger partial charge in [0, 0.05) is 46.0 Å². The predicted molar refractivity (Wildman–Crippen MR) is 122 cm³/mol. The first-order valence-corrected chi connectivity index (χ1v) is 9.80. The highest BCUT2D eigenvalue weighted by Crippen LogP contribution is 2.11. The molecule has 1 saturated heterocycles. The molecule has 1 aromatic heterocycles. The standard InChI is InChI=1S/C19H34N6O2.HI/c1-15-12-16(2)25(23-15)10-7-9-20-19(22-14-18(26)24(3)4)21-13-17-8-5-6-11-27-17;/h12,17H,5-11,13-14H2,1-4H3,(H2,20,21,22);1H. The lowest BCUT2D eigenvalue weighted by Crippen LogP contribution is -2.43. The number of hydrogen-bond acceptors (Lipinski definition) is 4. The predicted octanol–water partition coefficient (Wildman–Crippen LogP) is 1.70. The van der Waals surface area contributed by atoms with Crippen molar-refractivity contribution in [1.82, 2.24) is 25.3 Å². The number of guanidine groups is 1. The van der Waals surface area contributed by atoms with Crippen LogP contribution in [0.1, 0.15) is 37.1 Å². The van der Waals surface area contributed by atoms with Gasteiger partial charge in [-0.2, -0.15) is 5.10 Å². The lowest BCUT2D eigenvalue weighted by atomic mass is 10.1. The molecule has 1 aliphatic rings. The Bertz CT molecular complexity index is 626. The molecule has 2 heterocycles. The summed E-state index contributed by atoms with van der Waals surface area (Å²) in [5.41, 5.74) is 2.21. The molecule has 0 bridgehead atoms. The van der Waals surface area contributed by atoms with Gasteiger partial charge in [-0.05, 0) is 45.6 Å². The van der Waals surface area contributed by atoms with Crippen molar-refractivity contribution in [2.75, 3.05) is 40.3 Å². The number of nitrogens with one attached hydrogen (secondary N) is 2. The van der Waals surface area contributed by atoms with E-state index in [2.05, 4.69) is 33.7 Å². The van der Waals surface area contributed by atoms with Crippen LogP contribution in [0, 0.1) is 13.8 Å². The lowest BCUT2D eigenvalue weighted by Gasteiger charge is -2.24. The average Bonchev–Trinajstić information content (AvgIpc) is 2.97. The third-order valence-electron chi connectivity index (χ3n) is 4.58. The van der Waals surface area contributed by atoms with Crippen LogP contribution >= 0.6 is 24.0 Å². The molecule has 2 rings (SSSR count). The van der Waals surface area contributed by atoms with Crippen molar-refractivity contribution >= 4 is 35.8 Å². The van der Waals surface area contributed by atoms with E-state index in [1.807, 2.05) is 11.6 Å². The minimum absolute atomic E-state index is 0. The van der Waals surface area contributed by atoms with Crippen LogP contribution < -0.4 is 10.6 Å². The van der Waals surface area contributed by atoms with E-state index in [1.54, 1.807) is 19.0 Å². The van der Waals surface area contributed by atoms with Crippen molar-refractivity contribution in [2.24, 2.45) is 4.99 Å². The number of aryl methyl sites for hydroxylation is 3. The molecular weight excluding hydrogens is 471 g/mol. The number of aromatic nitrogens is 2. The molecule has 9 heteroatoms. The largest absolute Gasteiger partial charge is 0.376 e. The second-order valence-corrected chi connectivity index (χ2v) is 7.25. The molecule has 0 radical (unpaired) electrons. The van der Waals surface area contributed by atoms with Gasteiger partial charge in [0.1, 0.15) is 6.54 Å². The van der Waals surface area contributed by atoms with Crippen LogP contribution in [0.25, 0.3) is 0 Å². The van der Waals surface area contributed by atoms with Crippen molar-refractivity contribution in [3.63, 3.8) is 0 Å². The van der Waals surface area contributed by atoms with Crippen molar-refractivity contribution < 1.29 is 9.53 Å². The number of aliphatic imine (C=N–C) groups is 1. The average molecular weight is 506 g/mol. The molecule has 0 aliphatic carbocycles. The number of hydrogen-bond donors (Lipinski definition) is 2. The number of rotatable bonds is 8. The van der Waals surface area contributed by atoms with E-state index in [0.717, 1.165) is 44.7 Å². The molecule has 0 saturated carbocycles. The molecular formula is C19H35IN6O2. The summed E-state index contributed by atoms with van der Waals surface area (Å²) in [6.07, 6.45) is 4.54. The number of amides is 1. The fraction of sp³-hybridized carbons (Fsp3) is 0.737. The van der Waals surface area contributed by atoms with Crippen LogP contribution in [0.3, 0.4) is 0 Å². The maximum absolute atomic E-state index is 11.8. The Hall–Kier alpha value is -1.36. The Morgan fingerprint density at radius 3 is 2.75 bits per heavy atom. The van der Waals surface area contributed by atoms with E-state index in [1.165, 1.54) is 12.1 Å². The number of carbonyl (C=O) groups is 1. The molecule has 2 N–H and O–H groups in total. The zero-order valence-electron chi connectivity index (χ0n) is 17.5. The van der Waals surface area contributed by atoms with E-state index < -0.39 is 0 Å². The molecule has 1 atom stereocenters. The summed E-state index contributed by atoms with van der Waals surface area (Å²) >= 11 is 0. The van der Waals surface area contributed by atoms with Crippen molar-refractivity contribution in [2.45, 2.75) is 52.2 Å². The third-order valence-corrected chi connectivity index (χ3v) is 4.58. The van der Waals surface area contributed by atoms with Gasteiger partial charge < -0.3 is 20.3 Å². The van der Waals surface area contributed by atoms with Gasteiger partial charge in [-0.1, -0.05) is 0 Å². The topological polar surface area (TPSA) is 83.8 Å². The maximum atomic E-state index is 11.8. The first-order valence-electron chi connectivity index (χ1n) is 9.80. The normalized spacial score (nSPS) is 17.0. The summed E-state index contributed by atoms with van der Waals surface area (Å²) in [6.45, 7) is 7.34. The number of halogens is 1. The van der Waals surface area contributed by atoms with E-state index in [0.29, 0.717) is 12.5 Å². The molecule has 1 aliphatic heterocycles. The van der Waals surface area contributed by atoms with E-state index in [9.17, 15) is 4.79 Å². The fourth-order valence-corrected chi connectivity index (χ4v) is 2.98. The summed E-state index contributed by atoms with van der Waals surface area (Å²) < 4.78 is 7.78. The Morgan fingerprint density at radius 2 is 2.14 bits per heavy atom. The number of likely N-dealkylation sites (N-methyl/N-ethyl adjacent to an activating group) is 1. The number of ether oxygens (including phenoxy) is 1. The Labute approximate surface area is 185 Å². The van der Waals surface area contributed by atoms with Gasteiger partial charge in [0.05, 0.1) is 11.8 Å². The molecule has 1 amide bonds. The molecule has 1 fully saturated rings. The summed E-state index contributed by atoms with van der Waals surface area (Å²) in [5, 5.41) is 11.1. The van der Waals surface area contributed by atoms with Gasteiger partial charge in [-0.3, -0.25) is 9.48 Å². The molecule has 28 heavy (non-hydrogen) atoms. The monoisotopic (exact) mass is 506 g/mol. The minimum Gasteiger partial charge on any atom is -0.376 e. The van der Waals surface area contributed by atoms with Crippen LogP contribution in [-0.2, 0) is 16.1 Å². The third kappa shape index (κ3) is 8.76. The van der Waals surface area contributed by atoms with Gasteiger partial charge in [-0.25, -0.2) is 4.99 Å². The Kier molecular flexibility index (Phi) is 11.4. The Morgan fingerprint density at radius 1 is 1.36 bits per heavy atom. The SMILES string of the molecule is Cc1cc(C)n(CCCNC(=NCC(=O)N(C)C)NCC2CCCCO2)n1.I. The Balaban J connectivity index is 0.00000392. The summed E-state index contributed by atoms with van der Waals surface area (Å²) in [7, 11) is 3.48. The van der Waals surface area contributed by atoms with Gasteiger partial charge in [0.25, 0.3) is 0 Å². The summed E-state index contributed by atoms with van der Waals surface area (Å²) in [5.74, 6) is 0.639. The highest BCUT2D eigenvalue weighted by atomic mass is 127. The fourth-order valence-electron chi connectivity index (χ4n) is 2.98. The molecule has 0 spiro atoms. The quantitative estimate of drug-likeness (QED) is 0.243. The highest BCUT2D eigenvalue weighted by molar-refractivity contribution is 14.0.